The predicted molar refractivity (Wildman–Crippen MR) is 79.8 cm³/mol. The highest BCUT2D eigenvalue weighted by molar-refractivity contribution is 5.54. The Morgan fingerprint density at radius 2 is 1.14 bits per heavy atom. The van der Waals surface area contributed by atoms with Gasteiger partial charge in [0.25, 0.3) is 11.4 Å². The van der Waals surface area contributed by atoms with Gasteiger partial charge in [0.1, 0.15) is 0 Å². The Kier molecular flexibility index (Phi) is 4.21. The van der Waals surface area contributed by atoms with Crippen LogP contribution in [0.3, 0.4) is 0 Å². The number of nitro benzene ring substituents is 2. The average molecular weight is 300 g/mol. The highest BCUT2D eigenvalue weighted by Crippen LogP contribution is 2.28. The van der Waals surface area contributed by atoms with E-state index in [1.807, 2.05) is 0 Å². The lowest BCUT2D eigenvalue weighted by Crippen LogP contribution is -1.88. The number of non-ortho nitro benzene ring substituents is 2. The van der Waals surface area contributed by atoms with Gasteiger partial charge in [0.05, 0.1) is 21.2 Å². The van der Waals surface area contributed by atoms with E-state index in [0.29, 0.717) is 22.5 Å². The van der Waals surface area contributed by atoms with Gasteiger partial charge in [0.2, 0.25) is 0 Å². The number of nitrogens with zero attached hydrogens (tertiary/aromatic N) is 4. The van der Waals surface area contributed by atoms with E-state index >= 15 is 0 Å². The first-order valence-corrected chi connectivity index (χ1v) is 6.30. The molecule has 0 aliphatic heterocycles. The Bertz CT molecular complexity index is 721. The fraction of sp³-hybridized carbons (Fsp3) is 0.143. The summed E-state index contributed by atoms with van der Waals surface area (Å²) in [5.41, 5.74) is 2.23. The second kappa shape index (κ2) is 6.08. The topological polar surface area (TPSA) is 111 Å². The van der Waals surface area contributed by atoms with E-state index in [1.54, 1.807) is 13.8 Å². The molecule has 0 saturated heterocycles. The molecule has 0 amide bonds. The SMILES string of the molecule is Cc1cc([N+](=O)[O-])ccc1N=Nc1ccc([N+](=O)[O-])cc1C. The lowest BCUT2D eigenvalue weighted by Gasteiger charge is -2.01. The summed E-state index contributed by atoms with van der Waals surface area (Å²) in [4.78, 5) is 20.4. The van der Waals surface area contributed by atoms with Gasteiger partial charge in [0.15, 0.2) is 0 Å². The quantitative estimate of drug-likeness (QED) is 0.468. The van der Waals surface area contributed by atoms with Crippen LogP contribution >= 0.6 is 0 Å². The van der Waals surface area contributed by atoms with Gasteiger partial charge in [-0.25, -0.2) is 0 Å². The standard InChI is InChI=1S/C14H12N4O4/c1-9-7-11(17(19)20)3-5-13(9)15-16-14-6-4-12(18(21)22)8-10(14)2/h3-8H,1-2H3. The number of azo groups is 1. The van der Waals surface area contributed by atoms with Crippen molar-refractivity contribution >= 4 is 22.7 Å². The Morgan fingerprint density at radius 1 is 0.773 bits per heavy atom. The van der Waals surface area contributed by atoms with E-state index < -0.39 is 9.85 Å². The molecule has 0 spiro atoms. The fourth-order valence-electron chi connectivity index (χ4n) is 1.84. The van der Waals surface area contributed by atoms with Gasteiger partial charge in [-0.05, 0) is 37.1 Å². The number of rotatable bonds is 4. The number of aryl methyl sites for hydroxylation is 2. The molecule has 0 atom stereocenters. The third-order valence-electron chi connectivity index (χ3n) is 3.05. The van der Waals surface area contributed by atoms with Crippen molar-refractivity contribution < 1.29 is 9.85 Å². The van der Waals surface area contributed by atoms with Crippen molar-refractivity contribution in [3.8, 4) is 0 Å². The molecule has 112 valence electrons. The molecule has 22 heavy (non-hydrogen) atoms. The number of hydrogen-bond donors (Lipinski definition) is 0. The number of hydrogen-bond acceptors (Lipinski definition) is 6. The summed E-state index contributed by atoms with van der Waals surface area (Å²) in [6, 6.07) is 8.55. The van der Waals surface area contributed by atoms with E-state index in [2.05, 4.69) is 10.2 Å². The van der Waals surface area contributed by atoms with Gasteiger partial charge in [-0.3, -0.25) is 20.2 Å². The summed E-state index contributed by atoms with van der Waals surface area (Å²) in [6.07, 6.45) is 0. The summed E-state index contributed by atoms with van der Waals surface area (Å²) >= 11 is 0. The normalized spacial score (nSPS) is 10.8. The Labute approximate surface area is 125 Å². The van der Waals surface area contributed by atoms with Crippen LogP contribution in [0.15, 0.2) is 46.6 Å². The molecule has 8 heteroatoms. The molecule has 0 unspecified atom stereocenters. The van der Waals surface area contributed by atoms with Crippen LogP contribution in [0, 0.1) is 34.1 Å². The first kappa shape index (κ1) is 15.2. The minimum Gasteiger partial charge on any atom is -0.258 e. The summed E-state index contributed by atoms with van der Waals surface area (Å²) in [7, 11) is 0. The number of benzene rings is 2. The molecule has 0 heterocycles. The summed E-state index contributed by atoms with van der Waals surface area (Å²) < 4.78 is 0. The van der Waals surface area contributed by atoms with Crippen LogP contribution in [-0.2, 0) is 0 Å². The zero-order valence-corrected chi connectivity index (χ0v) is 11.9. The molecule has 0 fully saturated rings. The maximum absolute atomic E-state index is 10.7. The average Bonchev–Trinajstić information content (AvgIpc) is 2.46. The summed E-state index contributed by atoms with van der Waals surface area (Å²) in [5.74, 6) is 0. The van der Waals surface area contributed by atoms with Crippen LogP contribution in [0.5, 0.6) is 0 Å². The Balaban J connectivity index is 2.29. The van der Waals surface area contributed by atoms with E-state index in [0.717, 1.165) is 0 Å². The van der Waals surface area contributed by atoms with Crippen molar-refractivity contribution in [1.82, 2.24) is 0 Å². The van der Waals surface area contributed by atoms with Crippen LogP contribution in [-0.4, -0.2) is 9.85 Å². The predicted octanol–water partition coefficient (Wildman–Crippen LogP) is 4.54. The minimum atomic E-state index is -0.478. The van der Waals surface area contributed by atoms with E-state index in [-0.39, 0.29) is 11.4 Å². The summed E-state index contributed by atoms with van der Waals surface area (Å²) in [5, 5.41) is 29.4. The molecular weight excluding hydrogens is 288 g/mol. The van der Waals surface area contributed by atoms with Crippen molar-refractivity contribution in [2.75, 3.05) is 0 Å². The van der Waals surface area contributed by atoms with Gasteiger partial charge >= 0.3 is 0 Å². The van der Waals surface area contributed by atoms with Gasteiger partial charge in [0, 0.05) is 24.3 Å². The maximum atomic E-state index is 10.7. The van der Waals surface area contributed by atoms with Crippen LogP contribution in [0.2, 0.25) is 0 Å². The van der Waals surface area contributed by atoms with E-state index in [4.69, 9.17) is 0 Å². The van der Waals surface area contributed by atoms with Crippen LogP contribution < -0.4 is 0 Å². The van der Waals surface area contributed by atoms with Crippen molar-refractivity contribution in [3.05, 3.63) is 67.8 Å². The first-order chi connectivity index (χ1) is 10.4. The molecular formula is C14H12N4O4. The van der Waals surface area contributed by atoms with Crippen molar-refractivity contribution in [2.45, 2.75) is 13.8 Å². The zero-order chi connectivity index (χ0) is 16.3. The zero-order valence-electron chi connectivity index (χ0n) is 11.9. The number of nitro groups is 2. The molecule has 0 aliphatic rings. The lowest BCUT2D eigenvalue weighted by molar-refractivity contribution is -0.385. The molecule has 2 aromatic carbocycles. The van der Waals surface area contributed by atoms with Crippen LogP contribution in [0.25, 0.3) is 0 Å². The van der Waals surface area contributed by atoms with Crippen LogP contribution in [0.1, 0.15) is 11.1 Å². The van der Waals surface area contributed by atoms with Crippen molar-refractivity contribution in [3.63, 3.8) is 0 Å². The molecule has 2 aromatic rings. The fourth-order valence-corrected chi connectivity index (χ4v) is 1.84. The first-order valence-electron chi connectivity index (χ1n) is 6.30. The molecule has 0 N–H and O–H groups in total. The van der Waals surface area contributed by atoms with Gasteiger partial charge in [-0.15, -0.1) is 0 Å². The van der Waals surface area contributed by atoms with Crippen molar-refractivity contribution in [1.29, 1.82) is 0 Å². The highest BCUT2D eigenvalue weighted by atomic mass is 16.6. The molecule has 0 aromatic heterocycles. The Hall–Kier alpha value is -3.16. The van der Waals surface area contributed by atoms with Gasteiger partial charge in [-0.2, -0.15) is 10.2 Å². The lowest BCUT2D eigenvalue weighted by atomic mass is 10.2. The third-order valence-corrected chi connectivity index (χ3v) is 3.05. The second-order valence-corrected chi connectivity index (χ2v) is 4.66. The van der Waals surface area contributed by atoms with E-state index in [9.17, 15) is 20.2 Å². The minimum absolute atomic E-state index is 0.0111. The third kappa shape index (κ3) is 3.29. The molecule has 0 radical (unpaired) electrons. The van der Waals surface area contributed by atoms with E-state index in [1.165, 1.54) is 36.4 Å². The van der Waals surface area contributed by atoms with Gasteiger partial charge in [-0.1, -0.05) is 0 Å². The highest BCUT2D eigenvalue weighted by Gasteiger charge is 2.09. The Morgan fingerprint density at radius 3 is 1.41 bits per heavy atom. The van der Waals surface area contributed by atoms with Crippen molar-refractivity contribution in [2.24, 2.45) is 10.2 Å². The molecule has 0 bridgehead atoms. The molecule has 2 rings (SSSR count). The smallest absolute Gasteiger partial charge is 0.258 e. The summed E-state index contributed by atoms with van der Waals surface area (Å²) in [6.45, 7) is 3.40. The molecule has 0 aliphatic carbocycles. The second-order valence-electron chi connectivity index (χ2n) is 4.66. The maximum Gasteiger partial charge on any atom is 0.269 e. The monoisotopic (exact) mass is 300 g/mol. The van der Waals surface area contributed by atoms with Crippen LogP contribution in [0.4, 0.5) is 22.7 Å². The van der Waals surface area contributed by atoms with Gasteiger partial charge < -0.3 is 0 Å². The molecule has 8 nitrogen and oxygen atoms in total. The largest absolute Gasteiger partial charge is 0.269 e. The molecule has 0 saturated carbocycles.